The van der Waals surface area contributed by atoms with E-state index >= 15 is 0 Å². The van der Waals surface area contributed by atoms with Gasteiger partial charge in [0, 0.05) is 12.3 Å². The maximum atomic E-state index is 13.9. The van der Waals surface area contributed by atoms with Crippen LogP contribution in [0.1, 0.15) is 70.7 Å². The van der Waals surface area contributed by atoms with Crippen molar-refractivity contribution in [3.63, 3.8) is 0 Å². The number of aliphatic hydroxyl groups is 1. The van der Waals surface area contributed by atoms with Gasteiger partial charge >= 0.3 is 6.09 Å². The Balaban J connectivity index is 1.50. The predicted octanol–water partition coefficient (Wildman–Crippen LogP) is 4.77. The van der Waals surface area contributed by atoms with Crippen LogP contribution in [0.2, 0.25) is 0 Å². The number of carbonyl (C=O) groups excluding carboxylic acids is 2. The fourth-order valence-corrected chi connectivity index (χ4v) is 5.59. The number of alkyl carbamates (subject to hydrolysis) is 1. The number of rotatable bonds is 7. The van der Waals surface area contributed by atoms with E-state index in [-0.39, 0.29) is 24.5 Å². The Hall–Kier alpha value is -2.90. The molecule has 0 unspecified atom stereocenters. The van der Waals surface area contributed by atoms with Crippen LogP contribution in [0, 0.1) is 5.92 Å². The molecule has 1 saturated heterocycles. The Morgan fingerprint density at radius 3 is 2.46 bits per heavy atom. The number of hydrogen-bond donors (Lipinski definition) is 2. The van der Waals surface area contributed by atoms with Crippen LogP contribution in [-0.4, -0.2) is 51.6 Å². The Morgan fingerprint density at radius 1 is 1.14 bits per heavy atom. The van der Waals surface area contributed by atoms with E-state index in [0.29, 0.717) is 6.42 Å². The van der Waals surface area contributed by atoms with Crippen molar-refractivity contribution in [3.8, 4) is 0 Å². The monoisotopic (exact) mass is 508 g/mol. The third kappa shape index (κ3) is 6.16. The number of aliphatic hydroxyl groups excluding tert-OH is 1. The van der Waals surface area contributed by atoms with Crippen molar-refractivity contribution < 1.29 is 24.2 Å². The van der Waals surface area contributed by atoms with Gasteiger partial charge in [-0.25, -0.2) is 4.79 Å². The number of fused-ring (bicyclic) bond motifs is 3. The number of amides is 2. The number of ether oxygens (including phenoxy) is 2. The molecule has 4 rings (SSSR count). The second-order valence-corrected chi connectivity index (χ2v) is 11.8. The molecule has 2 aromatic carbocycles. The second kappa shape index (κ2) is 10.5. The lowest BCUT2D eigenvalue weighted by Gasteiger charge is -2.36. The summed E-state index contributed by atoms with van der Waals surface area (Å²) in [6.07, 6.45) is -0.232. The van der Waals surface area contributed by atoms with E-state index in [0.717, 1.165) is 17.5 Å². The number of nitrogens with zero attached hydrogens (tertiary/aromatic N) is 1. The van der Waals surface area contributed by atoms with Crippen LogP contribution in [-0.2, 0) is 27.1 Å². The molecule has 1 aliphatic heterocycles. The SMILES string of the molecule is C[C@H](C[C@@H](O)[C@H](Cc1ccccc1)NC(=O)OC(C)(C)C)C(=O)N1[C@H]2c3ccccc3C[C@H]2OC1(C)C. The van der Waals surface area contributed by atoms with Crippen molar-refractivity contribution in [2.75, 3.05) is 0 Å². The normalized spacial score (nSPS) is 22.5. The fraction of sp³-hybridized carbons (Fsp3) is 0.533. The van der Waals surface area contributed by atoms with E-state index in [4.69, 9.17) is 9.47 Å². The molecule has 5 atom stereocenters. The molecule has 2 aliphatic rings. The number of benzene rings is 2. The molecule has 1 fully saturated rings. The van der Waals surface area contributed by atoms with Crippen LogP contribution in [0.3, 0.4) is 0 Å². The van der Waals surface area contributed by atoms with Crippen molar-refractivity contribution in [1.82, 2.24) is 10.2 Å². The minimum Gasteiger partial charge on any atom is -0.444 e. The average molecular weight is 509 g/mol. The first kappa shape index (κ1) is 27.1. The lowest BCUT2D eigenvalue weighted by Crippen LogP contribution is -2.50. The van der Waals surface area contributed by atoms with Crippen LogP contribution >= 0.6 is 0 Å². The van der Waals surface area contributed by atoms with Crippen LogP contribution in [0.15, 0.2) is 54.6 Å². The van der Waals surface area contributed by atoms with Gasteiger partial charge in [0.05, 0.1) is 24.3 Å². The molecule has 2 aromatic rings. The van der Waals surface area contributed by atoms with Crippen LogP contribution < -0.4 is 5.32 Å². The first-order valence-electron chi connectivity index (χ1n) is 13.2. The van der Waals surface area contributed by atoms with Crippen molar-refractivity contribution in [2.24, 2.45) is 5.92 Å². The molecular formula is C30H40N2O5. The van der Waals surface area contributed by atoms with Gasteiger partial charge in [-0.3, -0.25) is 4.79 Å². The summed E-state index contributed by atoms with van der Waals surface area (Å²) in [6, 6.07) is 17.1. The zero-order chi connectivity index (χ0) is 27.0. The van der Waals surface area contributed by atoms with E-state index in [1.165, 1.54) is 5.56 Å². The molecule has 7 heteroatoms. The van der Waals surface area contributed by atoms with E-state index in [9.17, 15) is 14.7 Å². The first-order chi connectivity index (χ1) is 17.4. The van der Waals surface area contributed by atoms with Gasteiger partial charge in [-0.2, -0.15) is 0 Å². The topological polar surface area (TPSA) is 88.1 Å². The Kier molecular flexibility index (Phi) is 7.67. The third-order valence-electron chi connectivity index (χ3n) is 7.16. The van der Waals surface area contributed by atoms with Crippen LogP contribution in [0.5, 0.6) is 0 Å². The quantitative estimate of drug-likeness (QED) is 0.563. The van der Waals surface area contributed by atoms with E-state index in [1.807, 2.05) is 68.1 Å². The molecule has 7 nitrogen and oxygen atoms in total. The Bertz CT molecular complexity index is 1110. The van der Waals surface area contributed by atoms with E-state index in [2.05, 4.69) is 17.4 Å². The minimum absolute atomic E-state index is 0.0658. The molecule has 200 valence electrons. The molecule has 37 heavy (non-hydrogen) atoms. The van der Waals surface area contributed by atoms with Gasteiger partial charge in [0.1, 0.15) is 11.3 Å². The van der Waals surface area contributed by atoms with E-state index < -0.39 is 35.5 Å². The van der Waals surface area contributed by atoms with Crippen molar-refractivity contribution in [3.05, 3.63) is 71.3 Å². The smallest absolute Gasteiger partial charge is 0.407 e. The summed E-state index contributed by atoms with van der Waals surface area (Å²) >= 11 is 0. The van der Waals surface area contributed by atoms with E-state index in [1.54, 1.807) is 20.8 Å². The molecule has 0 radical (unpaired) electrons. The summed E-state index contributed by atoms with van der Waals surface area (Å²) in [5.41, 5.74) is 1.90. The Labute approximate surface area is 220 Å². The summed E-state index contributed by atoms with van der Waals surface area (Å²) in [5, 5.41) is 14.1. The van der Waals surface area contributed by atoms with Gasteiger partial charge in [-0.05, 0) is 64.2 Å². The molecule has 0 saturated carbocycles. The molecule has 0 bridgehead atoms. The largest absolute Gasteiger partial charge is 0.444 e. The highest BCUT2D eigenvalue weighted by Crippen LogP contribution is 2.48. The standard InChI is InChI=1S/C30H40N2O5/c1-19(27(34)32-26-22-15-11-10-14-21(22)18-25(26)36-30(32,5)6)16-24(33)23(17-20-12-8-7-9-13-20)31-28(35)37-29(2,3)4/h7-15,19,23-26,33H,16-18H2,1-6H3,(H,31,35)/t19-,23+,24-,25-,26+/m1/s1. The highest BCUT2D eigenvalue weighted by atomic mass is 16.6. The molecule has 1 aliphatic carbocycles. The van der Waals surface area contributed by atoms with Gasteiger partial charge in [-0.1, -0.05) is 61.5 Å². The summed E-state index contributed by atoms with van der Waals surface area (Å²) in [5.74, 6) is -0.549. The lowest BCUT2D eigenvalue weighted by molar-refractivity contribution is -0.152. The summed E-state index contributed by atoms with van der Waals surface area (Å²) in [6.45, 7) is 11.1. The van der Waals surface area contributed by atoms with Crippen LogP contribution in [0.4, 0.5) is 4.79 Å². The molecule has 2 N–H and O–H groups in total. The average Bonchev–Trinajstić information content (AvgIpc) is 3.27. The highest BCUT2D eigenvalue weighted by molar-refractivity contribution is 5.80. The summed E-state index contributed by atoms with van der Waals surface area (Å²) in [4.78, 5) is 28.3. The van der Waals surface area contributed by atoms with Gasteiger partial charge in [0.2, 0.25) is 5.91 Å². The molecule has 2 amide bonds. The zero-order valence-corrected chi connectivity index (χ0v) is 22.7. The van der Waals surface area contributed by atoms with Crippen LogP contribution in [0.25, 0.3) is 0 Å². The minimum atomic E-state index is -0.954. The van der Waals surface area contributed by atoms with Crippen molar-refractivity contribution in [1.29, 1.82) is 0 Å². The molecule has 1 heterocycles. The maximum Gasteiger partial charge on any atom is 0.407 e. The zero-order valence-electron chi connectivity index (χ0n) is 22.7. The van der Waals surface area contributed by atoms with Crippen molar-refractivity contribution in [2.45, 2.75) is 96.4 Å². The first-order valence-corrected chi connectivity index (χ1v) is 13.2. The number of hydrogen-bond acceptors (Lipinski definition) is 5. The third-order valence-corrected chi connectivity index (χ3v) is 7.16. The van der Waals surface area contributed by atoms with Gasteiger partial charge < -0.3 is 24.8 Å². The predicted molar refractivity (Wildman–Crippen MR) is 142 cm³/mol. The van der Waals surface area contributed by atoms with Gasteiger partial charge in [0.25, 0.3) is 0 Å². The van der Waals surface area contributed by atoms with Crippen molar-refractivity contribution >= 4 is 12.0 Å². The lowest BCUT2D eigenvalue weighted by atomic mass is 9.92. The summed E-state index contributed by atoms with van der Waals surface area (Å²) < 4.78 is 11.8. The molecular weight excluding hydrogens is 468 g/mol. The van der Waals surface area contributed by atoms with Gasteiger partial charge in [-0.15, -0.1) is 0 Å². The number of nitrogens with one attached hydrogen (secondary N) is 1. The maximum absolute atomic E-state index is 13.9. The molecule has 0 spiro atoms. The second-order valence-electron chi connectivity index (χ2n) is 11.8. The Morgan fingerprint density at radius 2 is 1.78 bits per heavy atom. The molecule has 0 aromatic heterocycles. The summed E-state index contributed by atoms with van der Waals surface area (Å²) in [7, 11) is 0. The highest BCUT2D eigenvalue weighted by Gasteiger charge is 2.54. The van der Waals surface area contributed by atoms with Gasteiger partial charge in [0.15, 0.2) is 0 Å². The fourth-order valence-electron chi connectivity index (χ4n) is 5.59. The number of carbonyl (C=O) groups is 2.